The summed E-state index contributed by atoms with van der Waals surface area (Å²) in [5.74, 6) is -0.841. The van der Waals surface area contributed by atoms with Crippen LogP contribution in [0.1, 0.15) is 19.4 Å². The molecule has 1 atom stereocenters. The first-order valence-electron chi connectivity index (χ1n) is 6.33. The van der Waals surface area contributed by atoms with E-state index >= 15 is 0 Å². The van der Waals surface area contributed by atoms with E-state index in [1.807, 2.05) is 0 Å². The fraction of sp³-hybridized carbons (Fsp3) is 0.308. The summed E-state index contributed by atoms with van der Waals surface area (Å²) >= 11 is 6.12. The first-order chi connectivity index (χ1) is 10.3. The number of carboxylic acid groups (broad SMARTS) is 1. The number of hydrogen-bond acceptors (Lipinski definition) is 5. The minimum Gasteiger partial charge on any atom is -0.490 e. The van der Waals surface area contributed by atoms with Crippen LogP contribution in [0, 0.1) is 0 Å². The number of hydrogen-bond donors (Lipinski definition) is 3. The molecule has 0 heterocycles. The molecule has 1 aromatic carbocycles. The molecule has 0 bridgehead atoms. The van der Waals surface area contributed by atoms with Crippen LogP contribution >= 0.6 is 11.6 Å². The summed E-state index contributed by atoms with van der Waals surface area (Å²) < 4.78 is 10.7. The number of carboxylic acids is 1. The van der Waals surface area contributed by atoms with Crippen LogP contribution in [0.4, 0.5) is 0 Å². The topological polar surface area (TPSA) is 133 Å². The van der Waals surface area contributed by atoms with Gasteiger partial charge >= 0.3 is 5.97 Å². The molecule has 0 aromatic heterocycles. The van der Waals surface area contributed by atoms with Crippen LogP contribution < -0.4 is 20.9 Å². The Kier molecular flexibility index (Phi) is 6.46. The van der Waals surface area contributed by atoms with Crippen LogP contribution in [0.2, 0.25) is 5.02 Å². The zero-order chi connectivity index (χ0) is 16.7. The quantitative estimate of drug-likeness (QED) is 0.391. The van der Waals surface area contributed by atoms with Crippen molar-refractivity contribution in [3.05, 3.63) is 22.7 Å². The number of rotatable bonds is 7. The second kappa shape index (κ2) is 8.08. The van der Waals surface area contributed by atoms with Crippen molar-refractivity contribution in [3.8, 4) is 11.5 Å². The van der Waals surface area contributed by atoms with Gasteiger partial charge in [-0.1, -0.05) is 11.6 Å². The summed E-state index contributed by atoms with van der Waals surface area (Å²) in [4.78, 5) is 10.9. The van der Waals surface area contributed by atoms with Gasteiger partial charge in [-0.2, -0.15) is 5.10 Å². The minimum absolute atomic E-state index is 0.150. The summed E-state index contributed by atoms with van der Waals surface area (Å²) in [6.07, 6.45) is 0.302. The Morgan fingerprint density at radius 3 is 2.73 bits per heavy atom. The molecule has 0 spiro atoms. The largest absolute Gasteiger partial charge is 0.490 e. The molecule has 22 heavy (non-hydrogen) atoms. The fourth-order valence-electron chi connectivity index (χ4n) is 1.43. The molecule has 0 fully saturated rings. The van der Waals surface area contributed by atoms with Crippen LogP contribution in [0.3, 0.4) is 0 Å². The van der Waals surface area contributed by atoms with E-state index in [4.69, 9.17) is 37.6 Å². The number of carbonyl (C=O) groups is 1. The summed E-state index contributed by atoms with van der Waals surface area (Å²) in [6.45, 7) is 3.52. The van der Waals surface area contributed by atoms with Gasteiger partial charge in [-0.3, -0.25) is 0 Å². The van der Waals surface area contributed by atoms with E-state index in [0.717, 1.165) is 0 Å². The zero-order valence-electron chi connectivity index (χ0n) is 12.1. The Bertz CT molecular complexity index is 600. The van der Waals surface area contributed by atoms with Crippen molar-refractivity contribution < 1.29 is 19.4 Å². The third kappa shape index (κ3) is 5.13. The average Bonchev–Trinajstić information content (AvgIpc) is 2.42. The molecule has 0 saturated heterocycles. The fourth-order valence-corrected chi connectivity index (χ4v) is 1.69. The van der Waals surface area contributed by atoms with Gasteiger partial charge in [-0.25, -0.2) is 4.79 Å². The van der Waals surface area contributed by atoms with Crippen LogP contribution in [-0.4, -0.2) is 36.0 Å². The predicted molar refractivity (Wildman–Crippen MR) is 83.8 cm³/mol. The standard InChI is InChI=1S/C13H17ClN4O4/c1-3-21-10-5-8(6-17-18-13(15)16)4-9(14)11(10)22-7(2)12(19)20/h4-7H,3H2,1-2H3,(H,19,20)(H4,15,16,18). The van der Waals surface area contributed by atoms with Crippen LogP contribution in [0.15, 0.2) is 22.3 Å². The Hall–Kier alpha value is -2.48. The lowest BCUT2D eigenvalue weighted by molar-refractivity contribution is -0.144. The molecule has 0 aliphatic heterocycles. The molecule has 0 radical (unpaired) electrons. The second-order valence-corrected chi connectivity index (χ2v) is 4.54. The average molecular weight is 329 g/mol. The van der Waals surface area contributed by atoms with E-state index in [1.165, 1.54) is 19.2 Å². The second-order valence-electron chi connectivity index (χ2n) is 4.13. The third-order valence-electron chi connectivity index (χ3n) is 2.35. The highest BCUT2D eigenvalue weighted by Crippen LogP contribution is 2.37. The molecule has 0 saturated carbocycles. The monoisotopic (exact) mass is 328 g/mol. The summed E-state index contributed by atoms with van der Waals surface area (Å²) in [5.41, 5.74) is 10.9. The third-order valence-corrected chi connectivity index (χ3v) is 2.63. The highest BCUT2D eigenvalue weighted by Gasteiger charge is 2.19. The molecular formula is C13H17ClN4O4. The molecule has 120 valence electrons. The van der Waals surface area contributed by atoms with Gasteiger partial charge in [-0.05, 0) is 26.0 Å². The van der Waals surface area contributed by atoms with Crippen molar-refractivity contribution in [1.29, 1.82) is 0 Å². The van der Waals surface area contributed by atoms with Crippen molar-refractivity contribution >= 4 is 29.7 Å². The number of halogens is 1. The molecule has 8 nitrogen and oxygen atoms in total. The number of ether oxygens (including phenoxy) is 2. The van der Waals surface area contributed by atoms with Crippen LogP contribution in [-0.2, 0) is 4.79 Å². The van der Waals surface area contributed by atoms with Gasteiger partial charge in [0.15, 0.2) is 17.6 Å². The van der Waals surface area contributed by atoms with E-state index in [-0.39, 0.29) is 16.7 Å². The van der Waals surface area contributed by atoms with Gasteiger partial charge in [0, 0.05) is 5.56 Å². The normalized spacial score (nSPS) is 12.0. The number of nitrogens with two attached hydrogens (primary N) is 2. The lowest BCUT2D eigenvalue weighted by Crippen LogP contribution is -2.23. The van der Waals surface area contributed by atoms with Crippen LogP contribution in [0.5, 0.6) is 11.5 Å². The number of benzene rings is 1. The molecule has 0 aliphatic carbocycles. The Morgan fingerprint density at radius 1 is 1.50 bits per heavy atom. The Morgan fingerprint density at radius 2 is 2.18 bits per heavy atom. The molecule has 1 rings (SSSR count). The van der Waals surface area contributed by atoms with Gasteiger partial charge in [-0.15, -0.1) is 5.10 Å². The molecular weight excluding hydrogens is 312 g/mol. The first-order valence-corrected chi connectivity index (χ1v) is 6.70. The Labute approximate surface area is 132 Å². The lowest BCUT2D eigenvalue weighted by atomic mass is 10.2. The highest BCUT2D eigenvalue weighted by molar-refractivity contribution is 6.32. The molecule has 1 aromatic rings. The number of nitrogens with zero attached hydrogens (tertiary/aromatic N) is 2. The Balaban J connectivity index is 3.15. The van der Waals surface area contributed by atoms with E-state index in [2.05, 4.69) is 10.2 Å². The molecule has 0 aliphatic rings. The van der Waals surface area contributed by atoms with Gasteiger partial charge in [0.1, 0.15) is 0 Å². The van der Waals surface area contributed by atoms with Crippen molar-refractivity contribution in [1.82, 2.24) is 0 Å². The van der Waals surface area contributed by atoms with Gasteiger partial charge < -0.3 is 26.0 Å². The van der Waals surface area contributed by atoms with Crippen molar-refractivity contribution in [2.75, 3.05) is 6.61 Å². The highest BCUT2D eigenvalue weighted by atomic mass is 35.5. The first kappa shape index (κ1) is 17.6. The molecule has 5 N–H and O–H groups in total. The van der Waals surface area contributed by atoms with E-state index in [0.29, 0.717) is 17.9 Å². The molecule has 9 heteroatoms. The summed E-state index contributed by atoms with van der Waals surface area (Å²) in [7, 11) is 0. The van der Waals surface area contributed by atoms with Gasteiger partial charge in [0.25, 0.3) is 0 Å². The predicted octanol–water partition coefficient (Wildman–Crippen LogP) is 1.20. The van der Waals surface area contributed by atoms with Gasteiger partial charge in [0.05, 0.1) is 17.8 Å². The maximum Gasteiger partial charge on any atom is 0.344 e. The maximum absolute atomic E-state index is 10.9. The smallest absolute Gasteiger partial charge is 0.344 e. The number of guanidine groups is 1. The zero-order valence-corrected chi connectivity index (χ0v) is 12.9. The number of aliphatic carboxylic acids is 1. The van der Waals surface area contributed by atoms with E-state index < -0.39 is 12.1 Å². The SMILES string of the molecule is CCOc1cc(C=NN=C(N)N)cc(Cl)c1OC(C)C(=O)O. The van der Waals surface area contributed by atoms with Crippen LogP contribution in [0.25, 0.3) is 0 Å². The molecule has 1 unspecified atom stereocenters. The summed E-state index contributed by atoms with van der Waals surface area (Å²) in [6, 6.07) is 3.12. The van der Waals surface area contributed by atoms with E-state index in [1.54, 1.807) is 13.0 Å². The maximum atomic E-state index is 10.9. The lowest BCUT2D eigenvalue weighted by Gasteiger charge is -2.16. The van der Waals surface area contributed by atoms with Crippen molar-refractivity contribution in [2.24, 2.45) is 21.7 Å². The minimum atomic E-state index is -1.11. The van der Waals surface area contributed by atoms with Gasteiger partial charge in [0.2, 0.25) is 5.96 Å². The summed E-state index contributed by atoms with van der Waals surface area (Å²) in [5, 5.41) is 16.2. The van der Waals surface area contributed by atoms with E-state index in [9.17, 15) is 4.79 Å². The van der Waals surface area contributed by atoms with Crippen molar-refractivity contribution in [2.45, 2.75) is 20.0 Å². The molecule has 0 amide bonds. The van der Waals surface area contributed by atoms with Crippen molar-refractivity contribution in [3.63, 3.8) is 0 Å².